The minimum Gasteiger partial charge on any atom is -0.507 e. The summed E-state index contributed by atoms with van der Waals surface area (Å²) in [7, 11) is 3.83. The number of hydrogen-bond donors (Lipinski definition) is 5. The van der Waals surface area contributed by atoms with Crippen molar-refractivity contribution in [1.82, 2.24) is 0 Å². The van der Waals surface area contributed by atoms with Crippen LogP contribution in [0.5, 0.6) is 17.2 Å². The molecule has 3 aliphatic rings. The van der Waals surface area contributed by atoms with Crippen molar-refractivity contribution in [2.75, 3.05) is 27.9 Å². The highest BCUT2D eigenvalue weighted by atomic mass is 16.7. The van der Waals surface area contributed by atoms with E-state index in [0.717, 1.165) is 6.42 Å². The number of nitrogens with two attached hydrogens (primary N) is 1. The number of phenolic OH excluding ortho intramolecular Hbond substituents is 2. The van der Waals surface area contributed by atoms with Crippen molar-refractivity contribution in [2.24, 2.45) is 5.73 Å². The number of methoxy groups -OCH3 is 3. The standard InChI is InChI=1S/C34H43NO13/c1-6-7-11-22(36)46-15-34(44-4,45-5)33(42)13-18-25(21(14-33)48-23-12-19(35)28(37)16(2)47-23)32(41)27-26(30(18)39)29(38)17-9-8-10-20(43-3)24(17)31(27)40/h8-10,16,19,21,23,28,37,39,41-42H,6-7,11-15,35H2,1-5H3/t16?,19?,21-,23?,28?,33-/m0/s1. The van der Waals surface area contributed by atoms with Gasteiger partial charge in [-0.05, 0) is 19.4 Å². The summed E-state index contributed by atoms with van der Waals surface area (Å²) >= 11 is 0. The van der Waals surface area contributed by atoms with Gasteiger partial charge in [-0.1, -0.05) is 25.5 Å². The van der Waals surface area contributed by atoms with Gasteiger partial charge in [0.2, 0.25) is 11.6 Å². The first-order chi connectivity index (χ1) is 22.8. The van der Waals surface area contributed by atoms with Crippen LogP contribution in [0.3, 0.4) is 0 Å². The molecule has 0 aromatic heterocycles. The topological polar surface area (TPSA) is 214 Å². The molecule has 0 spiro atoms. The molecule has 1 saturated heterocycles. The Hall–Kier alpha value is -3.63. The molecule has 2 aromatic carbocycles. The van der Waals surface area contributed by atoms with Crippen LogP contribution in [-0.4, -0.2) is 102 Å². The Morgan fingerprint density at radius 1 is 1.08 bits per heavy atom. The molecule has 48 heavy (non-hydrogen) atoms. The van der Waals surface area contributed by atoms with Crippen LogP contribution in [0.25, 0.3) is 0 Å². The van der Waals surface area contributed by atoms with Crippen molar-refractivity contribution in [3.63, 3.8) is 0 Å². The fourth-order valence-corrected chi connectivity index (χ4v) is 6.97. The molecule has 1 heterocycles. The summed E-state index contributed by atoms with van der Waals surface area (Å²) in [5, 5.41) is 46.5. The minimum atomic E-state index is -2.14. The van der Waals surface area contributed by atoms with Crippen LogP contribution < -0.4 is 10.5 Å². The van der Waals surface area contributed by atoms with Crippen LogP contribution in [0, 0.1) is 0 Å². The normalized spacial score (nSPS) is 26.8. The molecule has 14 heteroatoms. The van der Waals surface area contributed by atoms with Gasteiger partial charge in [-0.3, -0.25) is 14.4 Å². The SMILES string of the molecule is CCCCC(=O)OCC(OC)(OC)[C@]1(O)Cc2c(O)c3c(c(O)c2[C@@H](OC2CC(N)C(O)C(C)O2)C1)C(=O)c1c(OC)cccc1C3=O. The van der Waals surface area contributed by atoms with Crippen LogP contribution in [0.4, 0.5) is 0 Å². The van der Waals surface area contributed by atoms with E-state index in [4.69, 9.17) is 34.2 Å². The first kappa shape index (κ1) is 35.7. The number of unbranched alkanes of at least 4 members (excludes halogenated alkanes) is 1. The van der Waals surface area contributed by atoms with Gasteiger partial charge in [-0.25, -0.2) is 0 Å². The molecule has 6 atom stereocenters. The number of aromatic hydroxyl groups is 2. The number of rotatable bonds is 11. The smallest absolute Gasteiger partial charge is 0.305 e. The number of fused-ring (bicyclic) bond motifs is 3. The van der Waals surface area contributed by atoms with E-state index < -0.39 is 102 Å². The van der Waals surface area contributed by atoms with E-state index in [1.165, 1.54) is 39.5 Å². The van der Waals surface area contributed by atoms with Gasteiger partial charge in [-0.15, -0.1) is 0 Å². The lowest BCUT2D eigenvalue weighted by Gasteiger charge is -2.49. The van der Waals surface area contributed by atoms with Gasteiger partial charge >= 0.3 is 5.97 Å². The van der Waals surface area contributed by atoms with Crippen LogP contribution in [0.15, 0.2) is 18.2 Å². The second kappa shape index (κ2) is 13.7. The van der Waals surface area contributed by atoms with Gasteiger partial charge in [0.25, 0.3) is 0 Å². The maximum Gasteiger partial charge on any atom is 0.305 e. The van der Waals surface area contributed by atoms with E-state index in [9.17, 15) is 34.8 Å². The highest BCUT2D eigenvalue weighted by Crippen LogP contribution is 2.54. The maximum absolute atomic E-state index is 14.0. The number of aliphatic hydroxyl groups is 2. The van der Waals surface area contributed by atoms with Crippen molar-refractivity contribution < 1.29 is 63.2 Å². The number of phenols is 2. The van der Waals surface area contributed by atoms with Crippen molar-refractivity contribution >= 4 is 17.5 Å². The lowest BCUT2D eigenvalue weighted by atomic mass is 9.70. The third-order valence-electron chi connectivity index (χ3n) is 9.67. The van der Waals surface area contributed by atoms with E-state index in [0.29, 0.717) is 6.42 Å². The van der Waals surface area contributed by atoms with E-state index in [1.54, 1.807) is 6.92 Å². The maximum atomic E-state index is 14.0. The Balaban J connectivity index is 1.66. The molecule has 2 aromatic rings. The van der Waals surface area contributed by atoms with E-state index in [-0.39, 0.29) is 40.8 Å². The molecule has 0 radical (unpaired) electrons. The summed E-state index contributed by atoms with van der Waals surface area (Å²) in [5.74, 6) is -5.29. The lowest BCUT2D eigenvalue weighted by Crippen LogP contribution is -2.63. The molecule has 1 fully saturated rings. The summed E-state index contributed by atoms with van der Waals surface area (Å²) in [6.07, 6.45) is -3.54. The van der Waals surface area contributed by atoms with Crippen LogP contribution in [-0.2, 0) is 34.9 Å². The number of benzene rings is 2. The van der Waals surface area contributed by atoms with Crippen molar-refractivity contribution in [3.8, 4) is 17.2 Å². The second-order valence-corrected chi connectivity index (χ2v) is 12.5. The molecule has 1 aliphatic heterocycles. The molecule has 262 valence electrons. The van der Waals surface area contributed by atoms with Gasteiger partial charge in [0.05, 0.1) is 42.1 Å². The fourth-order valence-electron chi connectivity index (χ4n) is 6.97. The first-order valence-corrected chi connectivity index (χ1v) is 15.9. The quantitative estimate of drug-likeness (QED) is 0.112. The zero-order valence-corrected chi connectivity index (χ0v) is 27.6. The molecule has 4 unspecified atom stereocenters. The van der Waals surface area contributed by atoms with Crippen molar-refractivity contribution in [2.45, 2.75) is 94.4 Å². The highest BCUT2D eigenvalue weighted by Gasteiger charge is 2.59. The lowest BCUT2D eigenvalue weighted by molar-refractivity contribution is -0.329. The average molecular weight is 674 g/mol. The van der Waals surface area contributed by atoms with Crippen molar-refractivity contribution in [3.05, 3.63) is 51.6 Å². The van der Waals surface area contributed by atoms with Crippen LogP contribution >= 0.6 is 0 Å². The zero-order chi connectivity index (χ0) is 35.1. The minimum absolute atomic E-state index is 0.0180. The first-order valence-electron chi connectivity index (χ1n) is 15.9. The zero-order valence-electron chi connectivity index (χ0n) is 27.6. The molecule has 6 N–H and O–H groups in total. The van der Waals surface area contributed by atoms with Gasteiger partial charge in [0, 0.05) is 62.6 Å². The average Bonchev–Trinajstić information content (AvgIpc) is 3.06. The Morgan fingerprint density at radius 3 is 2.40 bits per heavy atom. The number of ether oxygens (including phenoxy) is 6. The van der Waals surface area contributed by atoms with Crippen molar-refractivity contribution in [1.29, 1.82) is 0 Å². The monoisotopic (exact) mass is 673 g/mol. The highest BCUT2D eigenvalue weighted by molar-refractivity contribution is 6.31. The third kappa shape index (κ3) is 5.85. The summed E-state index contributed by atoms with van der Waals surface area (Å²) in [4.78, 5) is 40.4. The molecule has 0 saturated carbocycles. The molecule has 2 aliphatic carbocycles. The Bertz CT molecular complexity index is 1580. The molecule has 0 amide bonds. The second-order valence-electron chi connectivity index (χ2n) is 12.5. The summed E-state index contributed by atoms with van der Waals surface area (Å²) in [6.45, 7) is 2.97. The Morgan fingerprint density at radius 2 is 1.77 bits per heavy atom. The number of hydrogen-bond acceptors (Lipinski definition) is 14. The number of ketones is 2. The molecule has 0 bridgehead atoms. The predicted octanol–water partition coefficient (Wildman–Crippen LogP) is 2.16. The molecular formula is C34H43NO13. The van der Waals surface area contributed by atoms with Gasteiger partial charge in [0.1, 0.15) is 29.5 Å². The molecule has 14 nitrogen and oxygen atoms in total. The summed E-state index contributed by atoms with van der Waals surface area (Å²) in [6, 6.07) is 3.69. The van der Waals surface area contributed by atoms with Gasteiger partial charge in [-0.2, -0.15) is 0 Å². The van der Waals surface area contributed by atoms with Gasteiger partial charge < -0.3 is 54.6 Å². The van der Waals surface area contributed by atoms with E-state index in [1.807, 2.05) is 6.92 Å². The van der Waals surface area contributed by atoms with E-state index >= 15 is 0 Å². The van der Waals surface area contributed by atoms with Crippen LogP contribution in [0.1, 0.15) is 95.0 Å². The Kier molecular flexibility index (Phi) is 10.2. The van der Waals surface area contributed by atoms with E-state index in [2.05, 4.69) is 0 Å². The molecular weight excluding hydrogens is 630 g/mol. The molecule has 5 rings (SSSR count). The number of aliphatic hydroxyl groups excluding tert-OH is 1. The largest absolute Gasteiger partial charge is 0.507 e. The summed E-state index contributed by atoms with van der Waals surface area (Å²) < 4.78 is 34.4. The fraction of sp³-hybridized carbons (Fsp3) is 0.559. The van der Waals surface area contributed by atoms with Gasteiger partial charge in [0.15, 0.2) is 12.1 Å². The third-order valence-corrected chi connectivity index (χ3v) is 9.67. The summed E-state index contributed by atoms with van der Waals surface area (Å²) in [5.41, 5.74) is 2.78. The predicted molar refractivity (Wildman–Crippen MR) is 167 cm³/mol. The number of carbonyl (C=O) groups is 3. The number of esters is 1. The Labute approximate surface area is 277 Å². The van der Waals surface area contributed by atoms with Crippen LogP contribution in [0.2, 0.25) is 0 Å². The number of carbonyl (C=O) groups excluding carboxylic acids is 3.